The summed E-state index contributed by atoms with van der Waals surface area (Å²) in [7, 11) is 0. The molecule has 1 aromatic rings. The Morgan fingerprint density at radius 3 is 3.21 bits per heavy atom. The molecule has 0 radical (unpaired) electrons. The van der Waals surface area contributed by atoms with E-state index in [4.69, 9.17) is 0 Å². The summed E-state index contributed by atoms with van der Waals surface area (Å²) in [4.78, 5) is 13.3. The molecule has 1 N–H and O–H groups in total. The van der Waals surface area contributed by atoms with Gasteiger partial charge in [-0.25, -0.2) is 0 Å². The Balaban J connectivity index is 2.04. The molecule has 1 fully saturated rings. The Labute approximate surface area is 81.3 Å². The van der Waals surface area contributed by atoms with Crippen LogP contribution in [-0.4, -0.2) is 40.3 Å². The normalized spacial score (nSPS) is 22.4. The van der Waals surface area contributed by atoms with Gasteiger partial charge in [-0.1, -0.05) is 5.16 Å². The number of hydrogen-bond acceptors (Lipinski definition) is 4. The average molecular weight is 196 g/mol. The van der Waals surface area contributed by atoms with E-state index >= 15 is 0 Å². The molecule has 76 valence electrons. The zero-order chi connectivity index (χ0) is 9.97. The van der Waals surface area contributed by atoms with Crippen LogP contribution in [0.3, 0.4) is 0 Å². The lowest BCUT2D eigenvalue weighted by Crippen LogP contribution is -2.42. The summed E-state index contributed by atoms with van der Waals surface area (Å²) in [5.41, 5.74) is 0.305. The fourth-order valence-electron chi connectivity index (χ4n) is 1.62. The highest BCUT2D eigenvalue weighted by Crippen LogP contribution is 2.12. The summed E-state index contributed by atoms with van der Waals surface area (Å²) >= 11 is 0. The first-order valence-corrected chi connectivity index (χ1v) is 4.65. The fourth-order valence-corrected chi connectivity index (χ4v) is 1.62. The van der Waals surface area contributed by atoms with Crippen LogP contribution in [0, 0.1) is 0 Å². The number of β-amino-alcohol motifs (C(OH)–C–C–N with tert-alkyl or cyclic N) is 1. The van der Waals surface area contributed by atoms with Crippen LogP contribution in [-0.2, 0) is 0 Å². The Kier molecular flexibility index (Phi) is 2.49. The van der Waals surface area contributed by atoms with Crippen molar-refractivity contribution in [3.63, 3.8) is 0 Å². The van der Waals surface area contributed by atoms with Crippen molar-refractivity contribution >= 4 is 5.91 Å². The minimum Gasteiger partial charge on any atom is -0.391 e. The van der Waals surface area contributed by atoms with E-state index in [2.05, 4.69) is 9.68 Å². The molecule has 1 atom stereocenters. The average Bonchev–Trinajstić information content (AvgIpc) is 2.69. The highest BCUT2D eigenvalue weighted by Gasteiger charge is 2.24. The summed E-state index contributed by atoms with van der Waals surface area (Å²) in [6.45, 7) is 1.08. The summed E-state index contributed by atoms with van der Waals surface area (Å²) in [5.74, 6) is -0.169. The van der Waals surface area contributed by atoms with Crippen LogP contribution in [0.15, 0.2) is 16.9 Å². The number of rotatable bonds is 1. The Morgan fingerprint density at radius 2 is 2.57 bits per heavy atom. The molecule has 0 saturated carbocycles. The largest absolute Gasteiger partial charge is 0.391 e. The minimum absolute atomic E-state index is 0.169. The number of aliphatic hydroxyl groups is 1. The molecule has 5 nitrogen and oxygen atoms in total. The van der Waals surface area contributed by atoms with Gasteiger partial charge in [0.15, 0.2) is 5.69 Å². The molecule has 1 aliphatic heterocycles. The van der Waals surface area contributed by atoms with Crippen molar-refractivity contribution in [2.75, 3.05) is 13.1 Å². The first kappa shape index (κ1) is 9.21. The summed E-state index contributed by atoms with van der Waals surface area (Å²) < 4.78 is 4.59. The minimum atomic E-state index is -0.403. The van der Waals surface area contributed by atoms with E-state index in [-0.39, 0.29) is 5.91 Å². The third-order valence-electron chi connectivity index (χ3n) is 2.34. The summed E-state index contributed by atoms with van der Waals surface area (Å²) in [5, 5.41) is 13.0. The zero-order valence-corrected chi connectivity index (χ0v) is 7.72. The van der Waals surface area contributed by atoms with Gasteiger partial charge in [0.05, 0.1) is 6.10 Å². The van der Waals surface area contributed by atoms with Crippen molar-refractivity contribution in [2.24, 2.45) is 0 Å². The quantitative estimate of drug-likeness (QED) is 0.700. The molecule has 0 aliphatic carbocycles. The third-order valence-corrected chi connectivity index (χ3v) is 2.34. The number of piperidine rings is 1. The van der Waals surface area contributed by atoms with Gasteiger partial charge >= 0.3 is 0 Å². The number of likely N-dealkylation sites (tertiary alicyclic amines) is 1. The van der Waals surface area contributed by atoms with Crippen molar-refractivity contribution in [3.05, 3.63) is 18.0 Å². The van der Waals surface area contributed by atoms with E-state index in [1.165, 1.54) is 12.3 Å². The molecule has 1 saturated heterocycles. The highest BCUT2D eigenvalue weighted by atomic mass is 16.5. The van der Waals surface area contributed by atoms with Crippen molar-refractivity contribution in [1.82, 2.24) is 10.1 Å². The van der Waals surface area contributed by atoms with Crippen molar-refractivity contribution in [3.8, 4) is 0 Å². The molecular formula is C9H12N2O3. The lowest BCUT2D eigenvalue weighted by atomic mass is 10.1. The van der Waals surface area contributed by atoms with Gasteiger partial charge in [-0.15, -0.1) is 0 Å². The Hall–Kier alpha value is -1.36. The van der Waals surface area contributed by atoms with E-state index in [0.29, 0.717) is 18.8 Å². The van der Waals surface area contributed by atoms with E-state index in [9.17, 15) is 9.90 Å². The van der Waals surface area contributed by atoms with Gasteiger partial charge < -0.3 is 14.5 Å². The first-order valence-electron chi connectivity index (χ1n) is 4.65. The van der Waals surface area contributed by atoms with Gasteiger partial charge in [0.1, 0.15) is 6.26 Å². The maximum Gasteiger partial charge on any atom is 0.276 e. The van der Waals surface area contributed by atoms with Gasteiger partial charge in [-0.3, -0.25) is 4.79 Å². The molecule has 1 aromatic heterocycles. The molecule has 0 spiro atoms. The van der Waals surface area contributed by atoms with Crippen LogP contribution in [0.1, 0.15) is 23.3 Å². The molecular weight excluding hydrogens is 184 g/mol. The maximum absolute atomic E-state index is 11.7. The van der Waals surface area contributed by atoms with Crippen LogP contribution < -0.4 is 0 Å². The van der Waals surface area contributed by atoms with Gasteiger partial charge in [-0.05, 0) is 12.8 Å². The van der Waals surface area contributed by atoms with Gasteiger partial charge in [0, 0.05) is 19.2 Å². The molecule has 2 rings (SSSR count). The van der Waals surface area contributed by atoms with E-state index in [0.717, 1.165) is 12.8 Å². The molecule has 0 bridgehead atoms. The summed E-state index contributed by atoms with van der Waals surface area (Å²) in [6.07, 6.45) is 2.57. The Bertz CT molecular complexity index is 310. The number of amides is 1. The van der Waals surface area contributed by atoms with Crippen LogP contribution in [0.5, 0.6) is 0 Å². The molecule has 14 heavy (non-hydrogen) atoms. The van der Waals surface area contributed by atoms with Crippen molar-refractivity contribution in [2.45, 2.75) is 18.9 Å². The number of aliphatic hydroxyl groups excluding tert-OH is 1. The molecule has 0 aromatic carbocycles. The van der Waals surface area contributed by atoms with Crippen LogP contribution in [0.25, 0.3) is 0 Å². The van der Waals surface area contributed by atoms with Crippen LogP contribution in [0.2, 0.25) is 0 Å². The van der Waals surface area contributed by atoms with Crippen molar-refractivity contribution < 1.29 is 14.4 Å². The highest BCUT2D eigenvalue weighted by molar-refractivity contribution is 5.92. The second kappa shape index (κ2) is 3.79. The van der Waals surface area contributed by atoms with E-state index in [1.807, 2.05) is 0 Å². The molecule has 5 heteroatoms. The van der Waals surface area contributed by atoms with Crippen LogP contribution in [0.4, 0.5) is 0 Å². The molecule has 1 unspecified atom stereocenters. The number of hydrogen-bond donors (Lipinski definition) is 1. The standard InChI is InChI=1S/C9H12N2O3/c12-7-2-1-4-11(6-7)9(13)8-3-5-14-10-8/h3,5,7,12H,1-2,4,6H2. The predicted octanol–water partition coefficient (Wildman–Crippen LogP) is 0.271. The topological polar surface area (TPSA) is 66.6 Å². The SMILES string of the molecule is O=C(c1ccon1)N1CCCC(O)C1. The lowest BCUT2D eigenvalue weighted by molar-refractivity contribution is 0.0465. The van der Waals surface area contributed by atoms with Crippen molar-refractivity contribution in [1.29, 1.82) is 0 Å². The third kappa shape index (κ3) is 1.77. The number of carbonyl (C=O) groups is 1. The maximum atomic E-state index is 11.7. The summed E-state index contributed by atoms with van der Waals surface area (Å²) in [6, 6.07) is 1.53. The monoisotopic (exact) mass is 196 g/mol. The zero-order valence-electron chi connectivity index (χ0n) is 7.72. The fraction of sp³-hybridized carbons (Fsp3) is 0.556. The van der Waals surface area contributed by atoms with Crippen LogP contribution >= 0.6 is 0 Å². The van der Waals surface area contributed by atoms with Gasteiger partial charge in [-0.2, -0.15) is 0 Å². The number of carbonyl (C=O) groups excluding carboxylic acids is 1. The second-order valence-corrected chi connectivity index (χ2v) is 3.43. The molecule has 1 amide bonds. The van der Waals surface area contributed by atoms with E-state index < -0.39 is 6.10 Å². The lowest BCUT2D eigenvalue weighted by Gasteiger charge is -2.29. The number of aromatic nitrogens is 1. The predicted molar refractivity (Wildman–Crippen MR) is 47.6 cm³/mol. The number of nitrogens with zero attached hydrogens (tertiary/aromatic N) is 2. The Morgan fingerprint density at radius 1 is 1.71 bits per heavy atom. The molecule has 2 heterocycles. The molecule has 1 aliphatic rings. The second-order valence-electron chi connectivity index (χ2n) is 3.43. The van der Waals surface area contributed by atoms with Gasteiger partial charge in [0.25, 0.3) is 5.91 Å². The van der Waals surface area contributed by atoms with E-state index in [1.54, 1.807) is 4.90 Å². The van der Waals surface area contributed by atoms with Gasteiger partial charge in [0.2, 0.25) is 0 Å². The first-order chi connectivity index (χ1) is 6.77. The smallest absolute Gasteiger partial charge is 0.276 e.